The van der Waals surface area contributed by atoms with Gasteiger partial charge in [-0.1, -0.05) is 6.07 Å². The second kappa shape index (κ2) is 4.10. The van der Waals surface area contributed by atoms with Gasteiger partial charge in [0.2, 0.25) is 0 Å². The topological polar surface area (TPSA) is 46.2 Å². The highest BCUT2D eigenvalue weighted by atomic mass is 32.2. The first-order valence-electron chi connectivity index (χ1n) is 5.90. The molecule has 0 saturated heterocycles. The number of aryl methyl sites for hydroxylation is 2. The predicted octanol–water partition coefficient (Wildman–Crippen LogP) is 2.13. The average Bonchev–Trinajstić information content (AvgIpc) is 2.27. The second-order valence-corrected chi connectivity index (χ2v) is 7.24. The molecule has 1 aliphatic rings. The summed E-state index contributed by atoms with van der Waals surface area (Å²) in [5, 5.41) is 2.90. The Hall–Kier alpha value is -0.870. The summed E-state index contributed by atoms with van der Waals surface area (Å²) in [6, 6.07) is 3.97. The Morgan fingerprint density at radius 3 is 2.41 bits per heavy atom. The molecule has 1 N–H and O–H groups in total. The van der Waals surface area contributed by atoms with Crippen LogP contribution in [0.4, 0.5) is 0 Å². The molecule has 4 heteroatoms. The zero-order valence-corrected chi connectivity index (χ0v) is 11.6. The van der Waals surface area contributed by atoms with Crippen molar-refractivity contribution < 1.29 is 8.42 Å². The molecule has 2 atom stereocenters. The van der Waals surface area contributed by atoms with Gasteiger partial charge in [-0.2, -0.15) is 0 Å². The number of hydrogen-bond donors (Lipinski definition) is 1. The smallest absolute Gasteiger partial charge is 0.181 e. The Balaban J connectivity index is 2.72. The van der Waals surface area contributed by atoms with E-state index in [-0.39, 0.29) is 11.3 Å². The first kappa shape index (κ1) is 12.6. The maximum Gasteiger partial charge on any atom is 0.181 e. The summed E-state index contributed by atoms with van der Waals surface area (Å²) in [7, 11) is -1.26. The van der Waals surface area contributed by atoms with E-state index in [1.165, 1.54) is 0 Å². The number of sulfone groups is 1. The summed E-state index contributed by atoms with van der Waals surface area (Å²) in [5.41, 5.74) is 3.11. The second-order valence-electron chi connectivity index (χ2n) is 4.91. The molecule has 17 heavy (non-hydrogen) atoms. The first-order valence-corrected chi connectivity index (χ1v) is 7.45. The molecule has 3 nitrogen and oxygen atoms in total. The Labute approximate surface area is 103 Å². The number of nitrogens with one attached hydrogen (secondary N) is 1. The van der Waals surface area contributed by atoms with Crippen LogP contribution in [0.1, 0.15) is 36.1 Å². The fourth-order valence-corrected chi connectivity index (χ4v) is 4.16. The van der Waals surface area contributed by atoms with Crippen LogP contribution in [0.15, 0.2) is 17.0 Å². The summed E-state index contributed by atoms with van der Waals surface area (Å²) in [5.74, 6) is 0. The molecule has 0 saturated carbocycles. The lowest BCUT2D eigenvalue weighted by molar-refractivity contribution is 0.493. The lowest BCUT2D eigenvalue weighted by Gasteiger charge is -2.30. The summed E-state index contributed by atoms with van der Waals surface area (Å²) in [4.78, 5) is 0.513. The van der Waals surface area contributed by atoms with Gasteiger partial charge < -0.3 is 5.32 Å². The van der Waals surface area contributed by atoms with E-state index in [4.69, 9.17) is 0 Å². The Morgan fingerprint density at radius 2 is 1.82 bits per heavy atom. The minimum absolute atomic E-state index is 0.142. The van der Waals surface area contributed by atoms with E-state index in [9.17, 15) is 8.42 Å². The molecule has 0 aromatic heterocycles. The van der Waals surface area contributed by atoms with Gasteiger partial charge >= 0.3 is 0 Å². The standard InChI is InChI=1S/C13H19NO2S/c1-8-5-11-12(14-4)7-10(3)17(15,16)13(11)6-9(8)2/h5-6,10,12,14H,7H2,1-4H3. The highest BCUT2D eigenvalue weighted by Crippen LogP contribution is 2.37. The van der Waals surface area contributed by atoms with Gasteiger partial charge in [0, 0.05) is 6.04 Å². The molecule has 0 amide bonds. The SMILES string of the molecule is CNC1CC(C)S(=O)(=O)c2cc(C)c(C)cc21. The van der Waals surface area contributed by atoms with Gasteiger partial charge in [0.05, 0.1) is 10.1 Å². The molecular formula is C13H19NO2S. The molecule has 1 aromatic rings. The van der Waals surface area contributed by atoms with E-state index >= 15 is 0 Å². The minimum Gasteiger partial charge on any atom is -0.313 e. The van der Waals surface area contributed by atoms with Crippen molar-refractivity contribution in [3.8, 4) is 0 Å². The van der Waals surface area contributed by atoms with Gasteiger partial charge in [0.1, 0.15) is 0 Å². The highest BCUT2D eigenvalue weighted by molar-refractivity contribution is 7.92. The van der Waals surface area contributed by atoms with Crippen LogP contribution in [-0.4, -0.2) is 20.7 Å². The van der Waals surface area contributed by atoms with Crippen molar-refractivity contribution in [2.24, 2.45) is 0 Å². The van der Waals surface area contributed by atoms with Crippen LogP contribution in [0, 0.1) is 13.8 Å². The molecule has 2 rings (SSSR count). The molecule has 0 radical (unpaired) electrons. The van der Waals surface area contributed by atoms with Gasteiger partial charge in [0.15, 0.2) is 9.84 Å². The van der Waals surface area contributed by atoms with Gasteiger partial charge in [-0.15, -0.1) is 0 Å². The number of rotatable bonds is 1. The third-order valence-electron chi connectivity index (χ3n) is 3.75. The van der Waals surface area contributed by atoms with Crippen molar-refractivity contribution in [1.29, 1.82) is 0 Å². The van der Waals surface area contributed by atoms with Gasteiger partial charge in [-0.25, -0.2) is 8.42 Å². The largest absolute Gasteiger partial charge is 0.313 e. The maximum absolute atomic E-state index is 12.3. The monoisotopic (exact) mass is 253 g/mol. The third kappa shape index (κ3) is 1.89. The fourth-order valence-electron chi connectivity index (χ4n) is 2.41. The first-order chi connectivity index (χ1) is 7.87. The van der Waals surface area contributed by atoms with Crippen LogP contribution >= 0.6 is 0 Å². The summed E-state index contributed by atoms with van der Waals surface area (Å²) >= 11 is 0. The molecule has 0 aliphatic carbocycles. The highest BCUT2D eigenvalue weighted by Gasteiger charge is 2.35. The predicted molar refractivity (Wildman–Crippen MR) is 69.0 cm³/mol. The summed E-state index contributed by atoms with van der Waals surface area (Å²) < 4.78 is 24.6. The number of fused-ring (bicyclic) bond motifs is 1. The van der Waals surface area contributed by atoms with Crippen molar-refractivity contribution in [3.63, 3.8) is 0 Å². The van der Waals surface area contributed by atoms with E-state index in [1.807, 2.05) is 33.0 Å². The van der Waals surface area contributed by atoms with E-state index < -0.39 is 9.84 Å². The normalized spacial score (nSPS) is 26.6. The average molecular weight is 253 g/mol. The summed E-state index contributed by atoms with van der Waals surface area (Å²) in [6.07, 6.45) is 0.647. The maximum atomic E-state index is 12.3. The Morgan fingerprint density at radius 1 is 1.24 bits per heavy atom. The molecule has 1 heterocycles. The third-order valence-corrected chi connectivity index (χ3v) is 5.97. The van der Waals surface area contributed by atoms with E-state index in [0.717, 1.165) is 16.7 Å². The summed E-state index contributed by atoms with van der Waals surface area (Å²) in [6.45, 7) is 5.77. The molecule has 0 fully saturated rings. The molecular weight excluding hydrogens is 234 g/mol. The van der Waals surface area contributed by atoms with E-state index in [1.54, 1.807) is 6.92 Å². The van der Waals surface area contributed by atoms with Crippen molar-refractivity contribution >= 4 is 9.84 Å². The van der Waals surface area contributed by atoms with Crippen LogP contribution in [0.3, 0.4) is 0 Å². The quantitative estimate of drug-likeness (QED) is 0.834. The molecule has 1 aliphatic heterocycles. The van der Waals surface area contributed by atoms with Crippen LogP contribution in [0.2, 0.25) is 0 Å². The van der Waals surface area contributed by atoms with Crippen LogP contribution in [-0.2, 0) is 9.84 Å². The Bertz CT molecular complexity index is 549. The number of benzene rings is 1. The van der Waals surface area contributed by atoms with Gasteiger partial charge in [-0.05, 0) is 57.0 Å². The lowest BCUT2D eigenvalue weighted by atomic mass is 9.97. The van der Waals surface area contributed by atoms with Crippen molar-refractivity contribution in [1.82, 2.24) is 5.32 Å². The zero-order valence-electron chi connectivity index (χ0n) is 10.7. The van der Waals surface area contributed by atoms with Crippen LogP contribution in [0.5, 0.6) is 0 Å². The van der Waals surface area contributed by atoms with Crippen molar-refractivity contribution in [2.75, 3.05) is 7.05 Å². The van der Waals surface area contributed by atoms with E-state index in [2.05, 4.69) is 5.32 Å². The molecule has 1 aromatic carbocycles. The number of hydrogen-bond acceptors (Lipinski definition) is 3. The van der Waals surface area contributed by atoms with Crippen molar-refractivity contribution in [2.45, 2.75) is 43.4 Å². The van der Waals surface area contributed by atoms with Gasteiger partial charge in [-0.3, -0.25) is 0 Å². The molecule has 2 unspecified atom stereocenters. The van der Waals surface area contributed by atoms with Gasteiger partial charge in [0.25, 0.3) is 0 Å². The minimum atomic E-state index is -3.14. The Kier molecular flexibility index (Phi) is 3.04. The molecule has 94 valence electrons. The zero-order chi connectivity index (χ0) is 12.8. The van der Waals surface area contributed by atoms with Crippen LogP contribution in [0.25, 0.3) is 0 Å². The lowest BCUT2D eigenvalue weighted by Crippen LogP contribution is -2.33. The van der Waals surface area contributed by atoms with Crippen molar-refractivity contribution in [3.05, 3.63) is 28.8 Å². The van der Waals surface area contributed by atoms with E-state index in [0.29, 0.717) is 11.3 Å². The fraction of sp³-hybridized carbons (Fsp3) is 0.538. The molecule has 0 bridgehead atoms. The molecule has 0 spiro atoms. The van der Waals surface area contributed by atoms with Crippen LogP contribution < -0.4 is 5.32 Å².